The molecule has 3 aromatic carbocycles. The van der Waals surface area contributed by atoms with Crippen LogP contribution in [0.3, 0.4) is 0 Å². The first-order chi connectivity index (χ1) is 14.3. The third kappa shape index (κ3) is 5.20. The Balaban J connectivity index is 2.25. The molecule has 0 aliphatic rings. The van der Waals surface area contributed by atoms with Gasteiger partial charge in [-0.05, 0) is 77.1 Å². The summed E-state index contributed by atoms with van der Waals surface area (Å²) in [6, 6.07) is 18.5. The molecule has 3 nitrogen and oxygen atoms in total. The molecule has 0 aromatic heterocycles. The summed E-state index contributed by atoms with van der Waals surface area (Å²) < 4.78 is 50.7. The molecule has 0 saturated heterocycles. The summed E-state index contributed by atoms with van der Waals surface area (Å²) in [5.41, 5.74) is 3.88. The van der Waals surface area contributed by atoms with Gasteiger partial charge in [0.05, 0.1) is 4.90 Å². The molecule has 30 heavy (non-hydrogen) atoms. The van der Waals surface area contributed by atoms with E-state index in [0.717, 1.165) is 34.1 Å². The van der Waals surface area contributed by atoms with Crippen molar-refractivity contribution in [3.05, 3.63) is 101 Å². The zero-order valence-electron chi connectivity index (χ0n) is 16.5. The summed E-state index contributed by atoms with van der Waals surface area (Å²) in [5, 5.41) is 9.41. The monoisotopic (exact) mass is 428 g/mol. The Morgan fingerprint density at radius 2 is 1.20 bits per heavy atom. The molecule has 0 unspecified atom stereocenters. The van der Waals surface area contributed by atoms with Crippen molar-refractivity contribution in [1.29, 1.82) is 0 Å². The lowest BCUT2D eigenvalue weighted by atomic mass is 9.87. The van der Waals surface area contributed by atoms with Crippen molar-refractivity contribution in [2.24, 2.45) is 0 Å². The van der Waals surface area contributed by atoms with E-state index in [1.807, 2.05) is 0 Å². The van der Waals surface area contributed by atoms with Gasteiger partial charge in [0, 0.05) is 12.9 Å². The fourth-order valence-electron chi connectivity index (χ4n) is 3.32. The average Bonchev–Trinajstić information content (AvgIpc) is 2.72. The number of hydrogen-bond donors (Lipinski definition) is 1. The molecule has 0 aliphatic heterocycles. The molecular weight excluding hydrogens is 406 g/mol. The van der Waals surface area contributed by atoms with Gasteiger partial charge >= 0.3 is 0 Å². The van der Waals surface area contributed by atoms with Crippen LogP contribution in [0.4, 0.5) is 8.78 Å². The Morgan fingerprint density at radius 1 is 0.767 bits per heavy atom. The Kier molecular flexibility index (Phi) is 6.80. The molecule has 0 spiro atoms. The van der Waals surface area contributed by atoms with E-state index in [1.165, 1.54) is 36.4 Å². The van der Waals surface area contributed by atoms with Crippen LogP contribution >= 0.6 is 0 Å². The smallest absolute Gasteiger partial charge is 0.175 e. The maximum atomic E-state index is 13.5. The van der Waals surface area contributed by atoms with Crippen LogP contribution in [0.5, 0.6) is 0 Å². The van der Waals surface area contributed by atoms with Gasteiger partial charge in [-0.25, -0.2) is 17.2 Å². The Labute approximate surface area is 175 Å². The second kappa shape index (κ2) is 9.32. The van der Waals surface area contributed by atoms with Gasteiger partial charge in [-0.2, -0.15) is 0 Å². The maximum Gasteiger partial charge on any atom is 0.175 e. The lowest BCUT2D eigenvalue weighted by Gasteiger charge is -2.18. The Bertz CT molecular complexity index is 1090. The summed E-state index contributed by atoms with van der Waals surface area (Å²) in [5.74, 6) is -0.738. The number of benzene rings is 3. The Morgan fingerprint density at radius 3 is 1.60 bits per heavy atom. The number of hydrogen-bond acceptors (Lipinski definition) is 3. The van der Waals surface area contributed by atoms with Gasteiger partial charge in [-0.1, -0.05) is 36.4 Å². The van der Waals surface area contributed by atoms with Crippen LogP contribution in [-0.2, 0) is 9.84 Å². The molecule has 1 N–H and O–H groups in total. The molecular formula is C24H22F2O3S. The molecule has 6 heteroatoms. The molecule has 0 fully saturated rings. The molecule has 0 bridgehead atoms. The minimum atomic E-state index is -3.34. The van der Waals surface area contributed by atoms with Crippen LogP contribution in [0.2, 0.25) is 0 Å². The first-order valence-electron chi connectivity index (χ1n) is 9.46. The van der Waals surface area contributed by atoms with Crippen molar-refractivity contribution in [1.82, 2.24) is 0 Å². The van der Waals surface area contributed by atoms with Crippen LogP contribution in [0.15, 0.2) is 77.7 Å². The summed E-state index contributed by atoms with van der Waals surface area (Å²) in [7, 11) is -3.34. The minimum Gasteiger partial charge on any atom is -0.396 e. The van der Waals surface area contributed by atoms with E-state index < -0.39 is 9.84 Å². The standard InChI is InChI=1S/C24H22F2O3S/c1-30(28,29)22-14-8-17(9-15-22)23(3-2-16-27)24(18-4-10-20(25)11-5-18)19-6-12-21(26)13-7-19/h4-15,27H,2-3,16H2,1H3. The van der Waals surface area contributed by atoms with Crippen molar-refractivity contribution in [2.45, 2.75) is 17.7 Å². The number of aliphatic hydroxyl groups excluding tert-OH is 1. The van der Waals surface area contributed by atoms with Crippen molar-refractivity contribution >= 4 is 21.0 Å². The van der Waals surface area contributed by atoms with Crippen LogP contribution in [0.1, 0.15) is 29.5 Å². The molecule has 156 valence electrons. The fraction of sp³-hybridized carbons (Fsp3) is 0.167. The fourth-order valence-corrected chi connectivity index (χ4v) is 3.95. The first-order valence-corrected chi connectivity index (χ1v) is 11.3. The van der Waals surface area contributed by atoms with Crippen LogP contribution in [0.25, 0.3) is 11.1 Å². The van der Waals surface area contributed by atoms with Crippen LogP contribution in [0, 0.1) is 11.6 Å². The molecule has 3 rings (SSSR count). The number of allylic oxidation sites excluding steroid dienone is 1. The average molecular weight is 429 g/mol. The van der Waals surface area contributed by atoms with E-state index in [4.69, 9.17) is 0 Å². The molecule has 0 atom stereocenters. The molecule has 0 amide bonds. The summed E-state index contributed by atoms with van der Waals surface area (Å²) in [4.78, 5) is 0.206. The predicted octanol–water partition coefficient (Wildman–Crippen LogP) is 5.10. The largest absolute Gasteiger partial charge is 0.396 e. The zero-order chi connectivity index (χ0) is 21.7. The highest BCUT2D eigenvalue weighted by Gasteiger charge is 2.16. The Hall–Kier alpha value is -2.83. The zero-order valence-corrected chi connectivity index (χ0v) is 17.3. The van der Waals surface area contributed by atoms with E-state index in [2.05, 4.69) is 0 Å². The molecule has 0 saturated carbocycles. The van der Waals surface area contributed by atoms with Gasteiger partial charge in [0.15, 0.2) is 9.84 Å². The van der Waals surface area contributed by atoms with E-state index in [-0.39, 0.29) is 23.1 Å². The third-order valence-electron chi connectivity index (χ3n) is 4.78. The highest BCUT2D eigenvalue weighted by molar-refractivity contribution is 7.90. The SMILES string of the molecule is CS(=O)(=O)c1ccc(C(CCCO)=C(c2ccc(F)cc2)c2ccc(F)cc2)cc1. The third-order valence-corrected chi connectivity index (χ3v) is 5.91. The van der Waals surface area contributed by atoms with Crippen molar-refractivity contribution in [2.75, 3.05) is 12.9 Å². The van der Waals surface area contributed by atoms with Gasteiger partial charge in [0.2, 0.25) is 0 Å². The topological polar surface area (TPSA) is 54.4 Å². The number of aliphatic hydroxyl groups is 1. The van der Waals surface area contributed by atoms with Crippen LogP contribution < -0.4 is 0 Å². The quantitative estimate of drug-likeness (QED) is 0.533. The molecule has 0 heterocycles. The highest BCUT2D eigenvalue weighted by atomic mass is 32.2. The predicted molar refractivity (Wildman–Crippen MR) is 115 cm³/mol. The van der Waals surface area contributed by atoms with Crippen molar-refractivity contribution in [3.8, 4) is 0 Å². The summed E-state index contributed by atoms with van der Waals surface area (Å²) >= 11 is 0. The van der Waals surface area contributed by atoms with Crippen LogP contribution in [-0.4, -0.2) is 26.4 Å². The number of sulfone groups is 1. The second-order valence-electron chi connectivity index (χ2n) is 6.99. The maximum absolute atomic E-state index is 13.5. The van der Waals surface area contributed by atoms with Gasteiger partial charge in [0.25, 0.3) is 0 Å². The summed E-state index contributed by atoms with van der Waals surface area (Å²) in [6.45, 7) is -0.0228. The lowest BCUT2D eigenvalue weighted by molar-refractivity contribution is 0.290. The minimum absolute atomic E-state index is 0.0228. The molecule has 0 radical (unpaired) electrons. The van der Waals surface area contributed by atoms with Crippen molar-refractivity contribution < 1.29 is 22.3 Å². The van der Waals surface area contributed by atoms with Gasteiger partial charge in [-0.15, -0.1) is 0 Å². The first kappa shape index (κ1) is 21.9. The normalized spacial score (nSPS) is 11.3. The van der Waals surface area contributed by atoms with E-state index in [9.17, 15) is 22.3 Å². The highest BCUT2D eigenvalue weighted by Crippen LogP contribution is 2.35. The lowest BCUT2D eigenvalue weighted by Crippen LogP contribution is -2.00. The summed E-state index contributed by atoms with van der Waals surface area (Å²) in [6.07, 6.45) is 2.13. The van der Waals surface area contributed by atoms with Crippen molar-refractivity contribution in [3.63, 3.8) is 0 Å². The molecule has 3 aromatic rings. The van der Waals surface area contributed by atoms with Gasteiger partial charge in [0.1, 0.15) is 11.6 Å². The van der Waals surface area contributed by atoms with Gasteiger partial charge < -0.3 is 5.11 Å². The number of halogens is 2. The number of rotatable bonds is 7. The second-order valence-corrected chi connectivity index (χ2v) is 9.01. The van der Waals surface area contributed by atoms with E-state index in [1.54, 1.807) is 36.4 Å². The van der Waals surface area contributed by atoms with E-state index in [0.29, 0.717) is 12.8 Å². The van der Waals surface area contributed by atoms with E-state index >= 15 is 0 Å². The van der Waals surface area contributed by atoms with Gasteiger partial charge in [-0.3, -0.25) is 0 Å². The molecule has 0 aliphatic carbocycles.